The number of rotatable bonds is 1. The summed E-state index contributed by atoms with van der Waals surface area (Å²) >= 11 is 2.01. The third-order valence-electron chi connectivity index (χ3n) is 1.77. The number of hydrogen-bond acceptors (Lipinski definition) is 4. The predicted molar refractivity (Wildman–Crippen MR) is 70.1 cm³/mol. The zero-order chi connectivity index (χ0) is 13.2. The normalized spacial score (nSPS) is 11.1. The molecule has 5 nitrogen and oxygen atoms in total. The number of methoxy groups -OCH3 is 1. The number of esters is 1. The molecule has 6 heteroatoms. The number of nitrogens with zero attached hydrogens (tertiary/aromatic N) is 1. The molecule has 1 aromatic heterocycles. The standard InChI is InChI=1S/C11H14INO4/c1-11(2,3)17-10(15)13-6-7(12)5-8(13)9(14)16-4/h5-6H,1-4H3. The van der Waals surface area contributed by atoms with E-state index in [4.69, 9.17) is 4.74 Å². The third-order valence-corrected chi connectivity index (χ3v) is 2.36. The van der Waals surface area contributed by atoms with Gasteiger partial charge in [-0.15, -0.1) is 0 Å². The Morgan fingerprint density at radius 3 is 2.41 bits per heavy atom. The fourth-order valence-corrected chi connectivity index (χ4v) is 1.73. The Morgan fingerprint density at radius 2 is 1.94 bits per heavy atom. The van der Waals surface area contributed by atoms with Crippen molar-refractivity contribution in [1.82, 2.24) is 4.57 Å². The van der Waals surface area contributed by atoms with Crippen LogP contribution in [-0.4, -0.2) is 29.3 Å². The van der Waals surface area contributed by atoms with E-state index in [0.29, 0.717) is 0 Å². The molecule has 0 unspecified atom stereocenters. The Morgan fingerprint density at radius 1 is 1.35 bits per heavy atom. The molecular weight excluding hydrogens is 337 g/mol. The van der Waals surface area contributed by atoms with Crippen LogP contribution in [0.3, 0.4) is 0 Å². The third kappa shape index (κ3) is 3.72. The van der Waals surface area contributed by atoms with Gasteiger partial charge in [-0.05, 0) is 49.4 Å². The second-order valence-electron chi connectivity index (χ2n) is 4.39. The van der Waals surface area contributed by atoms with E-state index in [1.54, 1.807) is 26.8 Å². The number of carbonyl (C=O) groups is 2. The minimum absolute atomic E-state index is 0.158. The van der Waals surface area contributed by atoms with Crippen LogP contribution in [0.4, 0.5) is 4.79 Å². The molecule has 1 aromatic rings. The fraction of sp³-hybridized carbons (Fsp3) is 0.455. The smallest absolute Gasteiger partial charge is 0.419 e. The SMILES string of the molecule is COC(=O)c1cc(I)cn1C(=O)OC(C)(C)C. The van der Waals surface area contributed by atoms with Crippen molar-refractivity contribution in [1.29, 1.82) is 0 Å². The highest BCUT2D eigenvalue weighted by Gasteiger charge is 2.23. The topological polar surface area (TPSA) is 57.5 Å². The van der Waals surface area contributed by atoms with Crippen molar-refractivity contribution in [2.75, 3.05) is 7.11 Å². The molecule has 1 heterocycles. The molecule has 0 bridgehead atoms. The number of halogens is 1. The quantitative estimate of drug-likeness (QED) is 0.577. The van der Waals surface area contributed by atoms with Crippen LogP contribution in [0.1, 0.15) is 31.3 Å². The van der Waals surface area contributed by atoms with Crippen LogP contribution < -0.4 is 0 Å². The van der Waals surface area contributed by atoms with Crippen molar-refractivity contribution < 1.29 is 19.1 Å². The average molecular weight is 351 g/mol. The van der Waals surface area contributed by atoms with Gasteiger partial charge in [0.05, 0.1) is 7.11 Å². The summed E-state index contributed by atoms with van der Waals surface area (Å²) in [5, 5.41) is 0. The van der Waals surface area contributed by atoms with Crippen LogP contribution in [0.2, 0.25) is 0 Å². The van der Waals surface area contributed by atoms with Crippen LogP contribution in [0, 0.1) is 3.57 Å². The first-order valence-corrected chi connectivity index (χ1v) is 6.02. The molecule has 0 amide bonds. The molecule has 0 aliphatic heterocycles. The zero-order valence-electron chi connectivity index (χ0n) is 10.1. The van der Waals surface area contributed by atoms with Crippen molar-refractivity contribution in [3.8, 4) is 0 Å². The lowest BCUT2D eigenvalue weighted by Gasteiger charge is -2.20. The van der Waals surface area contributed by atoms with Gasteiger partial charge >= 0.3 is 12.1 Å². The Labute approximate surface area is 113 Å². The van der Waals surface area contributed by atoms with Crippen LogP contribution in [-0.2, 0) is 9.47 Å². The number of ether oxygens (including phenoxy) is 2. The fourth-order valence-electron chi connectivity index (χ4n) is 1.15. The van der Waals surface area contributed by atoms with Gasteiger partial charge in [0.15, 0.2) is 0 Å². The van der Waals surface area contributed by atoms with Crippen molar-refractivity contribution >= 4 is 34.7 Å². The molecule has 0 fully saturated rings. The second-order valence-corrected chi connectivity index (χ2v) is 5.63. The largest absolute Gasteiger partial charge is 0.464 e. The van der Waals surface area contributed by atoms with Crippen LogP contribution in [0.5, 0.6) is 0 Å². The van der Waals surface area contributed by atoms with Gasteiger partial charge in [0.2, 0.25) is 0 Å². The molecule has 0 aliphatic rings. The van der Waals surface area contributed by atoms with Gasteiger partial charge in [0, 0.05) is 9.77 Å². The Kier molecular flexibility index (Phi) is 4.18. The summed E-state index contributed by atoms with van der Waals surface area (Å²) in [4.78, 5) is 23.3. The summed E-state index contributed by atoms with van der Waals surface area (Å²) in [6, 6.07) is 1.57. The lowest BCUT2D eigenvalue weighted by molar-refractivity contribution is 0.0483. The minimum atomic E-state index is -0.611. The van der Waals surface area contributed by atoms with Crippen molar-refractivity contribution in [2.24, 2.45) is 0 Å². The number of hydrogen-bond donors (Lipinski definition) is 0. The molecule has 1 rings (SSSR count). The molecule has 0 aliphatic carbocycles. The molecule has 0 atom stereocenters. The first-order valence-electron chi connectivity index (χ1n) is 4.94. The van der Waals surface area contributed by atoms with Crippen LogP contribution in [0.25, 0.3) is 0 Å². The Balaban J connectivity index is 3.05. The van der Waals surface area contributed by atoms with Gasteiger partial charge in [-0.1, -0.05) is 0 Å². The van der Waals surface area contributed by atoms with E-state index in [1.807, 2.05) is 22.6 Å². The second kappa shape index (κ2) is 5.07. The molecule has 17 heavy (non-hydrogen) atoms. The van der Waals surface area contributed by atoms with Crippen LogP contribution >= 0.6 is 22.6 Å². The summed E-state index contributed by atoms with van der Waals surface area (Å²) in [7, 11) is 1.27. The molecule has 0 N–H and O–H groups in total. The predicted octanol–water partition coefficient (Wildman–Crippen LogP) is 2.66. The van der Waals surface area contributed by atoms with Gasteiger partial charge in [-0.2, -0.15) is 0 Å². The van der Waals surface area contributed by atoms with Gasteiger partial charge in [0.25, 0.3) is 0 Å². The zero-order valence-corrected chi connectivity index (χ0v) is 12.3. The van der Waals surface area contributed by atoms with Gasteiger partial charge in [-0.25, -0.2) is 14.2 Å². The molecule has 0 saturated carbocycles. The molecule has 0 radical (unpaired) electrons. The first kappa shape index (κ1) is 14.0. The van der Waals surface area contributed by atoms with E-state index < -0.39 is 17.7 Å². The molecular formula is C11H14INO4. The summed E-state index contributed by atoms with van der Waals surface area (Å²) in [5.41, 5.74) is -0.452. The highest BCUT2D eigenvalue weighted by Crippen LogP contribution is 2.15. The van der Waals surface area contributed by atoms with E-state index in [9.17, 15) is 9.59 Å². The van der Waals surface area contributed by atoms with E-state index in [-0.39, 0.29) is 5.69 Å². The monoisotopic (exact) mass is 351 g/mol. The summed E-state index contributed by atoms with van der Waals surface area (Å²) in [6.07, 6.45) is 0.932. The number of aromatic nitrogens is 1. The number of carbonyl (C=O) groups excluding carboxylic acids is 2. The van der Waals surface area contributed by atoms with E-state index in [0.717, 1.165) is 8.14 Å². The highest BCUT2D eigenvalue weighted by molar-refractivity contribution is 14.1. The highest BCUT2D eigenvalue weighted by atomic mass is 127. The lowest BCUT2D eigenvalue weighted by Crippen LogP contribution is -2.28. The molecule has 94 valence electrons. The molecule has 0 aromatic carbocycles. The summed E-state index contributed by atoms with van der Waals surface area (Å²) in [5.74, 6) is -0.571. The van der Waals surface area contributed by atoms with Crippen molar-refractivity contribution in [3.63, 3.8) is 0 Å². The van der Waals surface area contributed by atoms with Gasteiger partial charge in [0.1, 0.15) is 11.3 Å². The first-order chi connectivity index (χ1) is 7.74. The van der Waals surface area contributed by atoms with Crippen molar-refractivity contribution in [3.05, 3.63) is 21.5 Å². The molecule has 0 spiro atoms. The lowest BCUT2D eigenvalue weighted by atomic mass is 10.2. The van der Waals surface area contributed by atoms with Gasteiger partial charge in [-0.3, -0.25) is 0 Å². The maximum atomic E-state index is 11.8. The van der Waals surface area contributed by atoms with Crippen LogP contribution in [0.15, 0.2) is 12.3 Å². The minimum Gasteiger partial charge on any atom is -0.464 e. The van der Waals surface area contributed by atoms with E-state index in [2.05, 4.69) is 4.74 Å². The molecule has 0 saturated heterocycles. The summed E-state index contributed by atoms with van der Waals surface area (Å²) < 4.78 is 11.7. The maximum Gasteiger partial charge on any atom is 0.419 e. The Hall–Kier alpha value is -1.05. The van der Waals surface area contributed by atoms with Crippen molar-refractivity contribution in [2.45, 2.75) is 26.4 Å². The maximum absolute atomic E-state index is 11.8. The van der Waals surface area contributed by atoms with E-state index in [1.165, 1.54) is 13.3 Å². The summed E-state index contributed by atoms with van der Waals surface area (Å²) in [6.45, 7) is 5.28. The van der Waals surface area contributed by atoms with E-state index >= 15 is 0 Å². The van der Waals surface area contributed by atoms with Gasteiger partial charge < -0.3 is 9.47 Å². The average Bonchev–Trinajstić information content (AvgIpc) is 2.56. The Bertz CT molecular complexity index is 445.